The van der Waals surface area contributed by atoms with Crippen molar-refractivity contribution in [2.45, 2.75) is 56.6 Å². The first-order valence-corrected chi connectivity index (χ1v) is 11.0. The number of benzene rings is 1. The number of primary amides is 1. The number of thiophene rings is 1. The van der Waals surface area contributed by atoms with Crippen LogP contribution < -0.4 is 11.1 Å². The van der Waals surface area contributed by atoms with Crippen LogP contribution in [0.5, 0.6) is 0 Å². The summed E-state index contributed by atoms with van der Waals surface area (Å²) < 4.78 is 27.1. The number of carbonyl (C=O) groups excluding carboxylic acids is 1. The zero-order chi connectivity index (χ0) is 20.9. The van der Waals surface area contributed by atoms with Gasteiger partial charge in [-0.15, -0.1) is 0 Å². The molecule has 7 heteroatoms. The quantitative estimate of drug-likeness (QED) is 0.574. The summed E-state index contributed by atoms with van der Waals surface area (Å²) in [5.74, 6) is -2.42. The maximum Gasteiger partial charge on any atom is 0.217 e. The number of nitrogens with two attached hydrogens (primary N) is 1. The average Bonchev–Trinajstić information content (AvgIpc) is 3.21. The molecule has 1 heterocycles. The summed E-state index contributed by atoms with van der Waals surface area (Å²) in [6.07, 6.45) is 4.67. The fraction of sp³-hybridized carbons (Fsp3) is 0.500. The van der Waals surface area contributed by atoms with Crippen LogP contribution in [0.15, 0.2) is 35.0 Å². The zero-order valence-electron chi connectivity index (χ0n) is 16.4. The summed E-state index contributed by atoms with van der Waals surface area (Å²) in [6.45, 7) is 0.283. The highest BCUT2D eigenvalue weighted by atomic mass is 32.1. The molecule has 1 aliphatic carbocycles. The third-order valence-electron chi connectivity index (χ3n) is 5.86. The van der Waals surface area contributed by atoms with Gasteiger partial charge in [0.1, 0.15) is 11.6 Å². The number of hydrogen-bond donors (Lipinski definition) is 3. The van der Waals surface area contributed by atoms with Crippen LogP contribution in [0.4, 0.5) is 8.78 Å². The molecule has 2 aromatic rings. The Morgan fingerprint density at radius 2 is 1.90 bits per heavy atom. The molecule has 158 valence electrons. The van der Waals surface area contributed by atoms with Gasteiger partial charge in [0.2, 0.25) is 5.91 Å². The molecule has 1 aliphatic rings. The van der Waals surface area contributed by atoms with Gasteiger partial charge in [-0.3, -0.25) is 4.79 Å². The first kappa shape index (κ1) is 21.9. The van der Waals surface area contributed by atoms with E-state index in [9.17, 15) is 18.7 Å². The first-order valence-electron chi connectivity index (χ1n) is 10.1. The second kappa shape index (κ2) is 9.78. The Balaban J connectivity index is 1.71. The van der Waals surface area contributed by atoms with E-state index >= 15 is 0 Å². The molecule has 1 fully saturated rings. The molecule has 3 rings (SSSR count). The highest BCUT2D eigenvalue weighted by Gasteiger charge is 2.35. The van der Waals surface area contributed by atoms with Crippen LogP contribution in [-0.4, -0.2) is 23.7 Å². The summed E-state index contributed by atoms with van der Waals surface area (Å²) in [7, 11) is 0. The number of carbonyl (C=O) groups is 1. The van der Waals surface area contributed by atoms with Crippen molar-refractivity contribution in [1.29, 1.82) is 0 Å². The van der Waals surface area contributed by atoms with Gasteiger partial charge < -0.3 is 16.2 Å². The van der Waals surface area contributed by atoms with Crippen molar-refractivity contribution in [2.75, 3.05) is 6.54 Å². The minimum Gasteiger partial charge on any atom is -0.391 e. The Morgan fingerprint density at radius 1 is 1.21 bits per heavy atom. The van der Waals surface area contributed by atoms with Crippen molar-refractivity contribution in [3.05, 3.63) is 57.8 Å². The van der Waals surface area contributed by atoms with Crippen molar-refractivity contribution >= 4 is 17.2 Å². The third-order valence-corrected chi connectivity index (χ3v) is 6.54. The van der Waals surface area contributed by atoms with Crippen LogP contribution in [0.2, 0.25) is 0 Å². The highest BCUT2D eigenvalue weighted by Crippen LogP contribution is 2.38. The topological polar surface area (TPSA) is 75.4 Å². The molecule has 0 bridgehead atoms. The van der Waals surface area contributed by atoms with Crippen molar-refractivity contribution in [2.24, 2.45) is 11.7 Å². The Bertz CT molecular complexity index is 787. The van der Waals surface area contributed by atoms with Gasteiger partial charge >= 0.3 is 0 Å². The number of nitrogens with one attached hydrogen (secondary N) is 1. The number of aliphatic hydroxyl groups excluding tert-OH is 1. The normalized spacial score (nSPS) is 18.3. The van der Waals surface area contributed by atoms with Gasteiger partial charge in [-0.1, -0.05) is 19.3 Å². The molecule has 0 saturated heterocycles. The molecule has 4 N–H and O–H groups in total. The van der Waals surface area contributed by atoms with Crippen LogP contribution in [0.25, 0.3) is 0 Å². The van der Waals surface area contributed by atoms with Crippen molar-refractivity contribution in [1.82, 2.24) is 5.32 Å². The van der Waals surface area contributed by atoms with Gasteiger partial charge in [-0.25, -0.2) is 8.78 Å². The molecule has 1 saturated carbocycles. The molecule has 0 spiro atoms. The molecule has 1 amide bonds. The Hall–Kier alpha value is -1.83. The number of halogens is 2. The SMILES string of the molecule is NC(=O)CC(Cc1cc(F)cc(F)c1)C(O)CNC1(c2ccsc2)CCCCC1. The Kier molecular flexibility index (Phi) is 7.38. The molecule has 1 aromatic carbocycles. The van der Waals surface area contributed by atoms with E-state index in [4.69, 9.17) is 5.73 Å². The first-order chi connectivity index (χ1) is 13.9. The molecular formula is C22H28F2N2O2S. The number of rotatable bonds is 9. The van der Waals surface area contributed by atoms with Crippen LogP contribution >= 0.6 is 11.3 Å². The summed E-state index contributed by atoms with van der Waals surface area (Å²) in [5, 5.41) is 18.6. The third kappa shape index (κ3) is 5.84. The summed E-state index contributed by atoms with van der Waals surface area (Å²) in [4.78, 5) is 11.5. The number of hydrogen-bond acceptors (Lipinski definition) is 4. The molecule has 4 nitrogen and oxygen atoms in total. The number of aliphatic hydroxyl groups is 1. The van der Waals surface area contributed by atoms with E-state index in [0.29, 0.717) is 5.56 Å². The minimum atomic E-state index is -0.869. The van der Waals surface area contributed by atoms with E-state index < -0.39 is 29.6 Å². The molecular weight excluding hydrogens is 394 g/mol. The van der Waals surface area contributed by atoms with E-state index in [-0.39, 0.29) is 24.9 Å². The van der Waals surface area contributed by atoms with Gasteiger partial charge in [-0.05, 0) is 65.3 Å². The van der Waals surface area contributed by atoms with Crippen molar-refractivity contribution < 1.29 is 18.7 Å². The van der Waals surface area contributed by atoms with E-state index in [1.165, 1.54) is 24.1 Å². The second-order valence-electron chi connectivity index (χ2n) is 8.02. The fourth-order valence-corrected chi connectivity index (χ4v) is 5.11. The maximum atomic E-state index is 13.5. The zero-order valence-corrected chi connectivity index (χ0v) is 17.2. The van der Waals surface area contributed by atoms with Crippen LogP contribution in [0.3, 0.4) is 0 Å². The summed E-state index contributed by atoms with van der Waals surface area (Å²) in [6, 6.07) is 5.38. The van der Waals surface area contributed by atoms with Crippen molar-refractivity contribution in [3.8, 4) is 0 Å². The lowest BCUT2D eigenvalue weighted by Crippen LogP contribution is -2.48. The Morgan fingerprint density at radius 3 is 2.48 bits per heavy atom. The smallest absolute Gasteiger partial charge is 0.217 e. The lowest BCUT2D eigenvalue weighted by molar-refractivity contribution is -0.119. The predicted molar refractivity (Wildman–Crippen MR) is 110 cm³/mol. The van der Waals surface area contributed by atoms with Crippen LogP contribution in [0, 0.1) is 17.6 Å². The second-order valence-corrected chi connectivity index (χ2v) is 8.80. The molecule has 29 heavy (non-hydrogen) atoms. The van der Waals surface area contributed by atoms with Gasteiger partial charge in [0.25, 0.3) is 0 Å². The maximum absolute atomic E-state index is 13.5. The summed E-state index contributed by atoms with van der Waals surface area (Å²) in [5.41, 5.74) is 6.82. The van der Waals surface area contributed by atoms with E-state index in [1.54, 1.807) is 11.3 Å². The van der Waals surface area contributed by atoms with E-state index in [1.807, 2.05) is 0 Å². The van der Waals surface area contributed by atoms with Gasteiger partial charge in [0, 0.05) is 24.6 Å². The van der Waals surface area contributed by atoms with Crippen LogP contribution in [-0.2, 0) is 16.8 Å². The fourth-order valence-electron chi connectivity index (χ4n) is 4.36. The molecule has 2 unspecified atom stereocenters. The standard InChI is InChI=1S/C22H28F2N2O2S/c23-18-9-15(10-19(24)12-18)8-16(11-21(25)28)20(27)13-26-22(5-2-1-3-6-22)17-4-7-29-14-17/h4,7,9-10,12,14,16,20,26-27H,1-3,5-6,8,11,13H2,(H2,25,28). The molecule has 1 aromatic heterocycles. The van der Waals surface area contributed by atoms with Gasteiger partial charge in [-0.2, -0.15) is 11.3 Å². The molecule has 0 radical (unpaired) electrons. The van der Waals surface area contributed by atoms with Gasteiger partial charge in [0.15, 0.2) is 0 Å². The van der Waals surface area contributed by atoms with Crippen molar-refractivity contribution in [3.63, 3.8) is 0 Å². The largest absolute Gasteiger partial charge is 0.391 e. The molecule has 2 atom stereocenters. The Labute approximate surface area is 174 Å². The van der Waals surface area contributed by atoms with Crippen LogP contribution in [0.1, 0.15) is 49.7 Å². The monoisotopic (exact) mass is 422 g/mol. The average molecular weight is 423 g/mol. The lowest BCUT2D eigenvalue weighted by atomic mass is 9.77. The minimum absolute atomic E-state index is 0.0492. The highest BCUT2D eigenvalue weighted by molar-refractivity contribution is 7.08. The van der Waals surface area contributed by atoms with E-state index in [2.05, 4.69) is 22.1 Å². The van der Waals surface area contributed by atoms with Gasteiger partial charge in [0.05, 0.1) is 6.10 Å². The predicted octanol–water partition coefficient (Wildman–Crippen LogP) is 3.87. The lowest BCUT2D eigenvalue weighted by Gasteiger charge is -2.39. The molecule has 0 aliphatic heterocycles. The number of amides is 1. The summed E-state index contributed by atoms with van der Waals surface area (Å²) >= 11 is 1.65. The van der Waals surface area contributed by atoms with E-state index in [0.717, 1.165) is 31.7 Å².